The Hall–Kier alpha value is 0.370. The van der Waals surface area contributed by atoms with Crippen molar-refractivity contribution in [3.63, 3.8) is 0 Å². The topological polar surface area (TPSA) is 57.5 Å². The first-order chi connectivity index (χ1) is 5.83. The van der Waals surface area contributed by atoms with Crippen LogP contribution in [0.5, 0.6) is 0 Å². The standard InChI is InChI=1S/C8H16BrO3P/c1-3-8(9,4-2)6-5-7-13(10,11)12/h5-6H,3-4,7H2,1-2H3,(H2,10,11,12). The molecule has 0 aromatic carbocycles. The summed E-state index contributed by atoms with van der Waals surface area (Å²) in [6.45, 7) is 4.06. The van der Waals surface area contributed by atoms with Crippen LogP contribution in [-0.2, 0) is 4.57 Å². The van der Waals surface area contributed by atoms with Crippen LogP contribution in [0.15, 0.2) is 12.2 Å². The third-order valence-electron chi connectivity index (χ3n) is 1.94. The summed E-state index contributed by atoms with van der Waals surface area (Å²) in [7, 11) is -3.88. The molecule has 0 atom stereocenters. The van der Waals surface area contributed by atoms with Gasteiger partial charge in [0.25, 0.3) is 0 Å². The monoisotopic (exact) mass is 270 g/mol. The summed E-state index contributed by atoms with van der Waals surface area (Å²) in [6, 6.07) is 0. The van der Waals surface area contributed by atoms with Gasteiger partial charge in [-0.3, -0.25) is 4.57 Å². The normalized spacial score (nSPS) is 13.9. The molecule has 0 aliphatic carbocycles. The molecule has 3 nitrogen and oxygen atoms in total. The van der Waals surface area contributed by atoms with E-state index in [1.54, 1.807) is 6.08 Å². The molecular weight excluding hydrogens is 255 g/mol. The lowest BCUT2D eigenvalue weighted by molar-refractivity contribution is 0.377. The molecule has 0 amide bonds. The molecular formula is C8H16BrO3P. The minimum absolute atomic E-state index is 0.109. The summed E-state index contributed by atoms with van der Waals surface area (Å²) < 4.78 is 10.4. The van der Waals surface area contributed by atoms with E-state index in [-0.39, 0.29) is 10.5 Å². The van der Waals surface area contributed by atoms with Gasteiger partial charge >= 0.3 is 7.60 Å². The second-order valence-electron chi connectivity index (χ2n) is 2.99. The first kappa shape index (κ1) is 13.4. The van der Waals surface area contributed by atoms with E-state index in [1.165, 1.54) is 0 Å². The van der Waals surface area contributed by atoms with Crippen molar-refractivity contribution in [2.75, 3.05) is 6.16 Å². The van der Waals surface area contributed by atoms with Gasteiger partial charge in [0.15, 0.2) is 0 Å². The second kappa shape index (κ2) is 5.30. The summed E-state index contributed by atoms with van der Waals surface area (Å²) in [5, 5.41) is 0. The number of hydrogen-bond donors (Lipinski definition) is 2. The van der Waals surface area contributed by atoms with E-state index in [2.05, 4.69) is 15.9 Å². The highest BCUT2D eigenvalue weighted by Crippen LogP contribution is 2.35. The smallest absolute Gasteiger partial charge is 0.324 e. The zero-order valence-corrected chi connectivity index (χ0v) is 10.4. The molecule has 78 valence electrons. The molecule has 0 heterocycles. The maximum atomic E-state index is 10.5. The van der Waals surface area contributed by atoms with Gasteiger partial charge in [0.2, 0.25) is 0 Å². The van der Waals surface area contributed by atoms with Gasteiger partial charge in [-0.05, 0) is 12.8 Å². The average molecular weight is 271 g/mol. The van der Waals surface area contributed by atoms with Crippen LogP contribution in [0.1, 0.15) is 26.7 Å². The lowest BCUT2D eigenvalue weighted by atomic mass is 10.0. The van der Waals surface area contributed by atoms with Crippen LogP contribution in [0.25, 0.3) is 0 Å². The highest BCUT2D eigenvalue weighted by molar-refractivity contribution is 9.10. The lowest BCUT2D eigenvalue weighted by Crippen LogP contribution is -2.13. The average Bonchev–Trinajstić information content (AvgIpc) is 2.02. The van der Waals surface area contributed by atoms with Crippen LogP contribution in [0.4, 0.5) is 0 Å². The van der Waals surface area contributed by atoms with Crippen molar-refractivity contribution in [3.05, 3.63) is 12.2 Å². The molecule has 5 heteroatoms. The largest absolute Gasteiger partial charge is 0.329 e. The van der Waals surface area contributed by atoms with Crippen molar-refractivity contribution in [3.8, 4) is 0 Å². The van der Waals surface area contributed by atoms with Gasteiger partial charge in [0, 0.05) is 4.32 Å². The fourth-order valence-corrected chi connectivity index (χ4v) is 1.45. The van der Waals surface area contributed by atoms with Crippen molar-refractivity contribution in [1.82, 2.24) is 0 Å². The molecule has 0 rings (SSSR count). The van der Waals surface area contributed by atoms with E-state index in [9.17, 15) is 4.57 Å². The van der Waals surface area contributed by atoms with Crippen molar-refractivity contribution in [2.45, 2.75) is 31.0 Å². The van der Waals surface area contributed by atoms with E-state index >= 15 is 0 Å². The van der Waals surface area contributed by atoms with Gasteiger partial charge in [-0.25, -0.2) is 0 Å². The van der Waals surface area contributed by atoms with Gasteiger partial charge in [-0.2, -0.15) is 0 Å². The van der Waals surface area contributed by atoms with Crippen LogP contribution in [0.2, 0.25) is 0 Å². The van der Waals surface area contributed by atoms with Crippen LogP contribution in [0, 0.1) is 0 Å². The molecule has 0 fully saturated rings. The van der Waals surface area contributed by atoms with E-state index in [0.29, 0.717) is 0 Å². The number of allylic oxidation sites excluding steroid dienone is 2. The van der Waals surface area contributed by atoms with Gasteiger partial charge in [-0.15, -0.1) is 0 Å². The predicted octanol–water partition coefficient (Wildman–Crippen LogP) is 2.67. The molecule has 13 heavy (non-hydrogen) atoms. The highest BCUT2D eigenvalue weighted by Gasteiger charge is 2.18. The van der Waals surface area contributed by atoms with Gasteiger partial charge in [0.1, 0.15) is 0 Å². The Balaban J connectivity index is 4.18. The predicted molar refractivity (Wildman–Crippen MR) is 58.3 cm³/mol. The van der Waals surface area contributed by atoms with Crippen LogP contribution in [0.3, 0.4) is 0 Å². The molecule has 0 saturated heterocycles. The van der Waals surface area contributed by atoms with Gasteiger partial charge < -0.3 is 9.79 Å². The lowest BCUT2D eigenvalue weighted by Gasteiger charge is -2.19. The van der Waals surface area contributed by atoms with Crippen LogP contribution in [-0.4, -0.2) is 20.3 Å². The van der Waals surface area contributed by atoms with E-state index in [1.807, 2.05) is 19.9 Å². The van der Waals surface area contributed by atoms with E-state index in [0.717, 1.165) is 12.8 Å². The molecule has 0 spiro atoms. The molecule has 0 bridgehead atoms. The van der Waals surface area contributed by atoms with Crippen molar-refractivity contribution in [1.29, 1.82) is 0 Å². The number of hydrogen-bond acceptors (Lipinski definition) is 1. The maximum absolute atomic E-state index is 10.5. The Morgan fingerprint density at radius 1 is 1.38 bits per heavy atom. The quantitative estimate of drug-likeness (QED) is 0.459. The molecule has 0 aliphatic rings. The zero-order chi connectivity index (χ0) is 10.5. The molecule has 0 aromatic heterocycles. The fourth-order valence-electron chi connectivity index (χ4n) is 0.887. The Morgan fingerprint density at radius 3 is 2.15 bits per heavy atom. The summed E-state index contributed by atoms with van der Waals surface area (Å²) in [6.07, 6.45) is 5.00. The van der Waals surface area contributed by atoms with Gasteiger partial charge in [-0.1, -0.05) is 41.9 Å². The fraction of sp³-hybridized carbons (Fsp3) is 0.750. The number of alkyl halides is 1. The number of rotatable bonds is 5. The molecule has 0 unspecified atom stereocenters. The molecule has 0 saturated carbocycles. The third-order valence-corrected chi connectivity index (χ3v) is 4.01. The molecule has 0 aliphatic heterocycles. The Labute approximate surface area is 87.5 Å². The molecule has 2 N–H and O–H groups in total. The minimum Gasteiger partial charge on any atom is -0.324 e. The SMILES string of the molecule is CCC(Br)(C=CCP(=O)(O)O)CC. The highest BCUT2D eigenvalue weighted by atomic mass is 79.9. The van der Waals surface area contributed by atoms with E-state index < -0.39 is 7.60 Å². The van der Waals surface area contributed by atoms with Crippen LogP contribution >= 0.6 is 23.5 Å². The zero-order valence-electron chi connectivity index (χ0n) is 7.90. The summed E-state index contributed by atoms with van der Waals surface area (Å²) in [4.78, 5) is 17.2. The second-order valence-corrected chi connectivity index (χ2v) is 6.27. The number of halogens is 1. The maximum Gasteiger partial charge on any atom is 0.329 e. The summed E-state index contributed by atoms with van der Waals surface area (Å²) in [5.41, 5.74) is 0. The molecule has 0 radical (unpaired) electrons. The summed E-state index contributed by atoms with van der Waals surface area (Å²) in [5.74, 6) is 0. The third kappa shape index (κ3) is 6.44. The Bertz CT molecular complexity index is 217. The first-order valence-electron chi connectivity index (χ1n) is 4.24. The Kier molecular flexibility index (Phi) is 5.45. The summed E-state index contributed by atoms with van der Waals surface area (Å²) >= 11 is 3.51. The van der Waals surface area contributed by atoms with Gasteiger partial charge in [0.05, 0.1) is 6.16 Å². The van der Waals surface area contributed by atoms with Crippen molar-refractivity contribution >= 4 is 23.5 Å². The van der Waals surface area contributed by atoms with E-state index in [4.69, 9.17) is 9.79 Å². The molecule has 0 aromatic rings. The first-order valence-corrected chi connectivity index (χ1v) is 6.83. The van der Waals surface area contributed by atoms with Crippen molar-refractivity contribution in [2.24, 2.45) is 0 Å². The van der Waals surface area contributed by atoms with Crippen molar-refractivity contribution < 1.29 is 14.4 Å². The minimum atomic E-state index is -3.88. The Morgan fingerprint density at radius 2 is 1.85 bits per heavy atom. The van der Waals surface area contributed by atoms with Crippen LogP contribution < -0.4 is 0 Å².